The van der Waals surface area contributed by atoms with Crippen molar-refractivity contribution in [1.82, 2.24) is 0 Å². The molecule has 0 rings (SSSR count). The van der Waals surface area contributed by atoms with E-state index < -0.39 is 6.10 Å². The Morgan fingerprint density at radius 3 is 0.971 bits per heavy atom. The summed E-state index contributed by atoms with van der Waals surface area (Å²) in [5.74, 6) is -1.02. The molecule has 0 aliphatic heterocycles. The van der Waals surface area contributed by atoms with Gasteiger partial charge in [-0.05, 0) is 128 Å². The van der Waals surface area contributed by atoms with Crippen LogP contribution in [0.1, 0.15) is 239 Å². The van der Waals surface area contributed by atoms with E-state index in [0.717, 1.165) is 122 Å². The number of hydrogen-bond donors (Lipinski definition) is 0. The molecule has 0 amide bonds. The van der Waals surface area contributed by atoms with Gasteiger partial charge in [-0.1, -0.05) is 213 Å². The summed E-state index contributed by atoms with van der Waals surface area (Å²) in [6, 6.07) is 0. The summed E-state index contributed by atoms with van der Waals surface area (Å²) in [5, 5.41) is 0. The number of allylic oxidation sites excluding steroid dienone is 20. The van der Waals surface area contributed by atoms with Gasteiger partial charge in [-0.3, -0.25) is 14.4 Å². The third kappa shape index (κ3) is 54.6. The lowest BCUT2D eigenvalue weighted by molar-refractivity contribution is -0.167. The van der Waals surface area contributed by atoms with Gasteiger partial charge in [0.15, 0.2) is 6.10 Å². The van der Waals surface area contributed by atoms with Gasteiger partial charge in [-0.2, -0.15) is 0 Å². The van der Waals surface area contributed by atoms with E-state index in [2.05, 4.69) is 142 Å². The normalized spacial score (nSPS) is 13.0. The first-order valence-electron chi connectivity index (χ1n) is 28.0. The van der Waals surface area contributed by atoms with E-state index in [1.165, 1.54) is 70.6 Å². The Balaban J connectivity index is 4.57. The van der Waals surface area contributed by atoms with Crippen LogP contribution in [-0.2, 0) is 28.6 Å². The van der Waals surface area contributed by atoms with Crippen LogP contribution in [0.4, 0.5) is 0 Å². The first kappa shape index (κ1) is 64.8. The average Bonchev–Trinajstić information content (AvgIpc) is 3.35. The van der Waals surface area contributed by atoms with Crippen LogP contribution in [0.25, 0.3) is 0 Å². The Kier molecular flexibility index (Phi) is 53.0. The Hall–Kier alpha value is -4.19. The highest BCUT2D eigenvalue weighted by Gasteiger charge is 2.19. The molecule has 0 aliphatic carbocycles. The maximum Gasteiger partial charge on any atom is 0.306 e. The van der Waals surface area contributed by atoms with E-state index in [0.29, 0.717) is 19.3 Å². The Bertz CT molecular complexity index is 1470. The Labute approximate surface area is 424 Å². The Morgan fingerprint density at radius 1 is 0.304 bits per heavy atom. The highest BCUT2D eigenvalue weighted by Crippen LogP contribution is 2.12. The number of rotatable bonds is 49. The van der Waals surface area contributed by atoms with Crippen molar-refractivity contribution in [2.24, 2.45) is 0 Å². The van der Waals surface area contributed by atoms with Gasteiger partial charge in [0.1, 0.15) is 13.2 Å². The highest BCUT2D eigenvalue weighted by atomic mass is 16.6. The summed E-state index contributed by atoms with van der Waals surface area (Å²) in [5.41, 5.74) is 0. The quantitative estimate of drug-likeness (QED) is 0.0262. The monoisotopic (exact) mass is 955 g/mol. The fourth-order valence-electron chi connectivity index (χ4n) is 7.22. The summed E-state index contributed by atoms with van der Waals surface area (Å²) in [6.45, 7) is 6.40. The number of ether oxygens (including phenoxy) is 3. The molecule has 0 aromatic rings. The summed E-state index contributed by atoms with van der Waals surface area (Å²) >= 11 is 0. The molecule has 0 aliphatic rings. The van der Waals surface area contributed by atoms with Crippen molar-refractivity contribution in [1.29, 1.82) is 0 Å². The molecule has 0 aromatic heterocycles. The fourth-order valence-corrected chi connectivity index (χ4v) is 7.22. The van der Waals surface area contributed by atoms with Crippen LogP contribution in [0.15, 0.2) is 122 Å². The van der Waals surface area contributed by atoms with E-state index in [9.17, 15) is 14.4 Å². The van der Waals surface area contributed by atoms with Gasteiger partial charge in [0.2, 0.25) is 0 Å². The van der Waals surface area contributed by atoms with Gasteiger partial charge in [0.25, 0.3) is 0 Å². The zero-order valence-electron chi connectivity index (χ0n) is 44.5. The van der Waals surface area contributed by atoms with E-state index in [4.69, 9.17) is 14.2 Å². The lowest BCUT2D eigenvalue weighted by Gasteiger charge is -2.18. The van der Waals surface area contributed by atoms with Crippen LogP contribution < -0.4 is 0 Å². The molecule has 6 heteroatoms. The molecule has 0 saturated heterocycles. The molecule has 69 heavy (non-hydrogen) atoms. The van der Waals surface area contributed by atoms with Gasteiger partial charge in [-0.15, -0.1) is 0 Å². The second-order valence-electron chi connectivity index (χ2n) is 18.1. The lowest BCUT2D eigenvalue weighted by Crippen LogP contribution is -2.30. The van der Waals surface area contributed by atoms with Crippen LogP contribution in [0, 0.1) is 0 Å². The van der Waals surface area contributed by atoms with Crippen LogP contribution >= 0.6 is 0 Å². The molecular weight excluding hydrogens is 853 g/mol. The van der Waals surface area contributed by atoms with E-state index in [1.54, 1.807) is 0 Å². The standard InChI is InChI=1S/C63H102O6/c1-4-7-10-13-16-19-22-25-28-30-31-33-35-38-41-44-47-50-53-56-62(65)68-59-60(58-67-61(64)55-52-49-46-43-40-37-34-27-24-21-18-15-12-9-6-3)69-63(66)57-54-51-48-45-42-39-36-32-29-26-23-20-17-14-11-8-5-2/h7,10,16,18-19,21,25-29,31,33-34,36,38-39,41,45,48,60H,4-6,8-9,11-15,17,20,22-24,30,32,35,37,40,42-44,46-47,49-59H2,1-3H3/b10-7-,19-16-,21-18-,28-25-,29-26-,33-31-,34-27-,39-36-,41-38-,48-45-/t60-/m0/s1. The maximum absolute atomic E-state index is 12.8. The summed E-state index contributed by atoms with van der Waals surface area (Å²) in [7, 11) is 0. The minimum absolute atomic E-state index is 0.119. The first-order chi connectivity index (χ1) is 34.0. The van der Waals surface area contributed by atoms with Crippen molar-refractivity contribution < 1.29 is 28.6 Å². The van der Waals surface area contributed by atoms with E-state index >= 15 is 0 Å². The molecule has 0 aromatic carbocycles. The molecular formula is C63H102O6. The molecule has 0 spiro atoms. The van der Waals surface area contributed by atoms with Crippen molar-refractivity contribution in [2.75, 3.05) is 13.2 Å². The van der Waals surface area contributed by atoms with Crippen molar-refractivity contribution in [3.05, 3.63) is 122 Å². The average molecular weight is 956 g/mol. The smallest absolute Gasteiger partial charge is 0.306 e. The molecule has 0 unspecified atom stereocenters. The molecule has 390 valence electrons. The first-order valence-corrected chi connectivity index (χ1v) is 28.0. The molecule has 0 N–H and O–H groups in total. The molecule has 0 bridgehead atoms. The summed E-state index contributed by atoms with van der Waals surface area (Å²) in [4.78, 5) is 38.1. The SMILES string of the molecule is CC/C=C\C/C=C\C/C=C\C/C=C\C/C=C\CCCCCC(=O)OC[C@H](COC(=O)CCCCCCC/C=C\C/C=C\CCCCC)OC(=O)CCC/C=C\C/C=C\C/C=C\CCCCCCCC. The summed E-state index contributed by atoms with van der Waals surface area (Å²) < 4.78 is 16.8. The number of esters is 3. The third-order valence-corrected chi connectivity index (χ3v) is 11.4. The molecule has 0 saturated carbocycles. The zero-order chi connectivity index (χ0) is 50.0. The minimum Gasteiger partial charge on any atom is -0.462 e. The number of hydrogen-bond acceptors (Lipinski definition) is 6. The van der Waals surface area contributed by atoms with Crippen molar-refractivity contribution in [3.63, 3.8) is 0 Å². The lowest BCUT2D eigenvalue weighted by atomic mass is 10.1. The number of unbranched alkanes of at least 4 members (excludes halogenated alkanes) is 18. The van der Waals surface area contributed by atoms with Gasteiger partial charge in [0.05, 0.1) is 0 Å². The second kappa shape index (κ2) is 56.4. The third-order valence-electron chi connectivity index (χ3n) is 11.4. The maximum atomic E-state index is 12.8. The predicted molar refractivity (Wildman–Crippen MR) is 297 cm³/mol. The fraction of sp³-hybridized carbons (Fsp3) is 0.635. The number of carbonyl (C=O) groups excluding carboxylic acids is 3. The van der Waals surface area contributed by atoms with Crippen LogP contribution in [0.3, 0.4) is 0 Å². The Morgan fingerprint density at radius 2 is 0.580 bits per heavy atom. The van der Waals surface area contributed by atoms with Crippen molar-refractivity contribution in [3.8, 4) is 0 Å². The molecule has 6 nitrogen and oxygen atoms in total. The minimum atomic E-state index is -0.828. The van der Waals surface area contributed by atoms with Crippen LogP contribution in [-0.4, -0.2) is 37.2 Å². The van der Waals surface area contributed by atoms with Gasteiger partial charge < -0.3 is 14.2 Å². The van der Waals surface area contributed by atoms with Crippen LogP contribution in [0.2, 0.25) is 0 Å². The van der Waals surface area contributed by atoms with E-state index in [-0.39, 0.29) is 37.5 Å². The van der Waals surface area contributed by atoms with Crippen molar-refractivity contribution >= 4 is 17.9 Å². The molecule has 0 radical (unpaired) electrons. The van der Waals surface area contributed by atoms with Gasteiger partial charge in [-0.25, -0.2) is 0 Å². The van der Waals surface area contributed by atoms with E-state index in [1.807, 2.05) is 0 Å². The highest BCUT2D eigenvalue weighted by molar-refractivity contribution is 5.71. The van der Waals surface area contributed by atoms with Gasteiger partial charge in [0, 0.05) is 19.3 Å². The van der Waals surface area contributed by atoms with Crippen molar-refractivity contribution in [2.45, 2.75) is 245 Å². The van der Waals surface area contributed by atoms with Gasteiger partial charge >= 0.3 is 17.9 Å². The summed E-state index contributed by atoms with van der Waals surface area (Å²) in [6.07, 6.45) is 77.6. The topological polar surface area (TPSA) is 78.9 Å². The molecule has 0 heterocycles. The second-order valence-corrected chi connectivity index (χ2v) is 18.1. The predicted octanol–water partition coefficient (Wildman–Crippen LogP) is 18.9. The molecule has 1 atom stereocenters. The molecule has 0 fully saturated rings. The number of carbonyl (C=O) groups is 3. The largest absolute Gasteiger partial charge is 0.462 e. The van der Waals surface area contributed by atoms with Crippen LogP contribution in [0.5, 0.6) is 0 Å². The zero-order valence-corrected chi connectivity index (χ0v) is 44.5.